The Morgan fingerprint density at radius 3 is 0.705 bits per heavy atom. The van der Waals surface area contributed by atoms with E-state index in [1.807, 2.05) is 0 Å². The second-order valence-electron chi connectivity index (χ2n) is 14.2. The van der Waals surface area contributed by atoms with Crippen molar-refractivity contribution in [1.82, 2.24) is 0 Å². The summed E-state index contributed by atoms with van der Waals surface area (Å²) < 4.78 is 0. The van der Waals surface area contributed by atoms with Crippen LogP contribution in [0.25, 0.3) is 10.2 Å². The van der Waals surface area contributed by atoms with Gasteiger partial charge in [-0.3, -0.25) is 0 Å². The molecule has 0 N–H and O–H groups in total. The van der Waals surface area contributed by atoms with E-state index in [4.69, 9.17) is 10.2 Å². The summed E-state index contributed by atoms with van der Waals surface area (Å²) in [5, 5.41) is 10.2. The molecule has 0 fully saturated rings. The van der Waals surface area contributed by atoms with Crippen molar-refractivity contribution in [2.45, 2.75) is 120 Å². The molecule has 0 heterocycles. The molecule has 2 nitrogen and oxygen atoms in total. The molecule has 0 saturated carbocycles. The molecule has 0 amide bonds. The Labute approximate surface area is 302 Å². The maximum atomic E-state index is 5.10. The number of hydrogen-bond donors (Lipinski definition) is 0. The van der Waals surface area contributed by atoms with Crippen LogP contribution in [0.5, 0.6) is 0 Å². The van der Waals surface area contributed by atoms with E-state index in [1.54, 1.807) is 0 Å². The molecule has 0 aliphatic carbocycles. The molecule has 0 atom stereocenters. The third kappa shape index (κ3) is 23.2. The molecule has 2 radical (unpaired) electrons. The summed E-state index contributed by atoms with van der Waals surface area (Å²) >= 11 is 0. The van der Waals surface area contributed by atoms with Crippen molar-refractivity contribution in [2.75, 3.05) is 40.0 Å². The summed E-state index contributed by atoms with van der Waals surface area (Å²) in [5.41, 5.74) is 13.2. The Hall–Kier alpha value is 0.773. The van der Waals surface area contributed by atoms with Crippen molar-refractivity contribution in [3.05, 3.63) is 67.8 Å². The zero-order chi connectivity index (χ0) is 33.5. The van der Waals surface area contributed by atoms with Gasteiger partial charge in [0.25, 0.3) is 0 Å². The fourth-order valence-corrected chi connectivity index (χ4v) is 9.73. The number of benzene rings is 2. The summed E-state index contributed by atoms with van der Waals surface area (Å²) in [6, 6.07) is 8.97. The van der Waals surface area contributed by atoms with E-state index in [1.165, 1.54) is 44.8 Å². The zero-order valence-corrected chi connectivity index (χ0v) is 38.3. The molecule has 44 heavy (non-hydrogen) atoms. The van der Waals surface area contributed by atoms with Crippen LogP contribution in [0.1, 0.15) is 88.8 Å². The average molecular weight is 775 g/mol. The van der Waals surface area contributed by atoms with Gasteiger partial charge in [0.15, 0.2) is 0 Å². The Balaban J connectivity index is -0.000000282. The summed E-state index contributed by atoms with van der Waals surface area (Å²) in [7, 11) is -1.09. The third-order valence-corrected chi connectivity index (χ3v) is 11.8. The van der Waals surface area contributed by atoms with Gasteiger partial charge >= 0.3 is 0 Å². The van der Waals surface area contributed by atoms with Crippen molar-refractivity contribution in [2.24, 2.45) is 0 Å². The van der Waals surface area contributed by atoms with E-state index in [2.05, 4.69) is 161 Å². The molecule has 262 valence electrons. The zero-order valence-electron chi connectivity index (χ0n) is 32.2. The van der Waals surface area contributed by atoms with Crippen molar-refractivity contribution < 1.29 is 33.6 Å². The molecular weight excluding hydrogens is 702 g/mol. The SMILES string of the molecule is C[PH+](C)C.C[PH+](C)C.Cc1cc(C)c([N-][PH+](C(C)C)C(C)C)c(C)c1.Cc1cc(C)c([N-][PH+](C(C)C)C(C)C)c(C)c1.[Co].[Co]. The fraction of sp³-hybridized carbons (Fsp3) is 0.667. The minimum absolute atomic E-state index is 0. The number of aryl methyl sites for hydroxylation is 6. The number of hydrogen-bond acceptors (Lipinski definition) is 0. The van der Waals surface area contributed by atoms with Gasteiger partial charge in [0.05, 0.1) is 22.6 Å². The van der Waals surface area contributed by atoms with Crippen molar-refractivity contribution in [3.8, 4) is 0 Å². The number of nitrogens with zero attached hydrogens (tertiary/aromatic N) is 2. The van der Waals surface area contributed by atoms with Crippen molar-refractivity contribution in [3.63, 3.8) is 0 Å². The summed E-state index contributed by atoms with van der Waals surface area (Å²) in [6.45, 7) is 45.1. The van der Waals surface area contributed by atoms with Crippen LogP contribution in [-0.4, -0.2) is 62.6 Å². The van der Waals surface area contributed by atoms with Gasteiger partial charge in [-0.2, -0.15) is 0 Å². The molecular formula is C36H72Co2N2P4+2. The van der Waals surface area contributed by atoms with Gasteiger partial charge in [0.1, 0.15) is 0 Å². The van der Waals surface area contributed by atoms with E-state index in [0.29, 0.717) is 22.6 Å². The minimum Gasteiger partial charge on any atom is -0.523 e. The molecule has 0 unspecified atom stereocenters. The van der Waals surface area contributed by atoms with Gasteiger partial charge in [-0.1, -0.05) is 73.8 Å². The quantitative estimate of drug-likeness (QED) is 0.239. The average Bonchev–Trinajstić information content (AvgIpc) is 2.76. The summed E-state index contributed by atoms with van der Waals surface area (Å²) in [5.74, 6) is 0. The fourth-order valence-electron chi connectivity index (χ4n) is 4.81. The van der Waals surface area contributed by atoms with E-state index in [9.17, 15) is 0 Å². The molecule has 2 rings (SSSR count). The Kier molecular flexibility index (Phi) is 31.3. The van der Waals surface area contributed by atoms with Gasteiger partial charge < -0.3 is 10.2 Å². The van der Waals surface area contributed by atoms with Crippen molar-refractivity contribution in [1.29, 1.82) is 0 Å². The van der Waals surface area contributed by atoms with Crippen LogP contribution in [0.3, 0.4) is 0 Å². The van der Waals surface area contributed by atoms with Gasteiger partial charge in [-0.05, 0) is 113 Å². The molecule has 0 spiro atoms. The first kappa shape index (κ1) is 51.6. The first-order valence-corrected chi connectivity index (χ1v) is 25.2. The second-order valence-corrected chi connectivity index (χ2v) is 27.0. The van der Waals surface area contributed by atoms with Crippen LogP contribution in [0.15, 0.2) is 24.3 Å². The summed E-state index contributed by atoms with van der Waals surface area (Å²) in [6.07, 6.45) is 0. The summed E-state index contributed by atoms with van der Waals surface area (Å²) in [4.78, 5) is 0. The maximum absolute atomic E-state index is 5.10. The van der Waals surface area contributed by atoms with E-state index in [0.717, 1.165) is 0 Å². The molecule has 2 aromatic rings. The molecule has 2 aromatic carbocycles. The predicted octanol–water partition coefficient (Wildman–Crippen LogP) is 13.3. The van der Waals surface area contributed by atoms with Crippen LogP contribution in [0.2, 0.25) is 0 Å². The predicted molar refractivity (Wildman–Crippen MR) is 217 cm³/mol. The first-order chi connectivity index (χ1) is 19.1. The monoisotopic (exact) mass is 774 g/mol. The molecule has 0 aromatic heterocycles. The van der Waals surface area contributed by atoms with E-state index in [-0.39, 0.29) is 49.4 Å². The third-order valence-electron chi connectivity index (χ3n) is 6.12. The van der Waals surface area contributed by atoms with Crippen LogP contribution >= 0.6 is 32.0 Å². The van der Waals surface area contributed by atoms with Gasteiger partial charge in [-0.15, -0.1) is 11.4 Å². The molecule has 0 bridgehead atoms. The van der Waals surface area contributed by atoms with Crippen LogP contribution in [-0.2, 0) is 33.6 Å². The number of rotatable bonds is 8. The van der Waals surface area contributed by atoms with E-state index >= 15 is 0 Å². The maximum Gasteiger partial charge on any atom is 0.0531 e. The Bertz CT molecular complexity index is 876. The second kappa shape index (κ2) is 26.7. The van der Waals surface area contributed by atoms with Gasteiger partial charge in [0.2, 0.25) is 0 Å². The normalized spacial score (nSPS) is 10.6. The minimum atomic E-state index is -0.663. The first-order valence-electron chi connectivity index (χ1n) is 16.0. The Morgan fingerprint density at radius 1 is 0.409 bits per heavy atom. The largest absolute Gasteiger partial charge is 0.523 e. The van der Waals surface area contributed by atoms with E-state index < -0.39 is 16.1 Å². The molecule has 0 aliphatic heterocycles. The van der Waals surface area contributed by atoms with Crippen LogP contribution in [0, 0.1) is 41.5 Å². The van der Waals surface area contributed by atoms with Crippen molar-refractivity contribution >= 4 is 43.4 Å². The topological polar surface area (TPSA) is 28.2 Å². The smallest absolute Gasteiger partial charge is 0.0531 e. The molecule has 0 aliphatic rings. The van der Waals surface area contributed by atoms with Gasteiger partial charge in [-0.25, -0.2) is 0 Å². The molecule has 0 saturated heterocycles. The standard InChI is InChI=1S/2C15H26NP.2C3H9P.2Co/c2*1-10(2)17(11(3)4)16-15-13(6)8-12(5)9-14(15)7;2*1-4(2)3;;/h2*8-11,17H,1-7H3;2*1-3H3;;/p+2. The Morgan fingerprint density at radius 2 is 0.568 bits per heavy atom. The van der Waals surface area contributed by atoms with Gasteiger partial charge in [0, 0.05) is 73.5 Å². The van der Waals surface area contributed by atoms with Crippen LogP contribution in [0.4, 0.5) is 11.4 Å². The molecule has 8 heteroatoms. The van der Waals surface area contributed by atoms with Crippen LogP contribution < -0.4 is 0 Å².